The molecule has 7 heteroatoms. The zero-order chi connectivity index (χ0) is 13.5. The van der Waals surface area contributed by atoms with Crippen molar-refractivity contribution in [1.82, 2.24) is 19.8 Å². The number of rotatable bonds is 4. The zero-order valence-electron chi connectivity index (χ0n) is 10.7. The first-order chi connectivity index (χ1) is 9.79. The molecular weight excluding hydrogens is 274 g/mol. The third kappa shape index (κ3) is 2.09. The summed E-state index contributed by atoms with van der Waals surface area (Å²) in [6.45, 7) is 0.642. The van der Waals surface area contributed by atoms with E-state index in [1.807, 2.05) is 16.6 Å². The Morgan fingerprint density at radius 3 is 2.80 bits per heavy atom. The van der Waals surface area contributed by atoms with Crippen LogP contribution in [0.5, 0.6) is 5.75 Å². The minimum absolute atomic E-state index is 0.267. The molecule has 6 nitrogen and oxygen atoms in total. The van der Waals surface area contributed by atoms with Gasteiger partial charge in [0.15, 0.2) is 5.82 Å². The number of anilines is 1. The Morgan fingerprint density at radius 2 is 2.05 bits per heavy atom. The smallest absolute Gasteiger partial charge is 0.234 e. The summed E-state index contributed by atoms with van der Waals surface area (Å²) in [6, 6.07) is 6.99. The van der Waals surface area contributed by atoms with Gasteiger partial charge in [0, 0.05) is 11.6 Å². The van der Waals surface area contributed by atoms with E-state index < -0.39 is 0 Å². The standard InChI is InChI=1S/C13H13N5OS/c19-10-5-3-9(4-6-10)14-7-11-17-18-12(8-1-2-8)15-16-13(18)20-11/h3-6,8,14,19H,1-2,7H2. The lowest BCUT2D eigenvalue weighted by Crippen LogP contribution is -2.00. The maximum absolute atomic E-state index is 9.24. The number of phenols is 1. The van der Waals surface area contributed by atoms with Crippen LogP contribution in [0.4, 0.5) is 5.69 Å². The molecule has 0 radical (unpaired) electrons. The fourth-order valence-corrected chi connectivity index (χ4v) is 2.88. The topological polar surface area (TPSA) is 75.3 Å². The highest BCUT2D eigenvalue weighted by Gasteiger charge is 2.29. The predicted molar refractivity (Wildman–Crippen MR) is 76.1 cm³/mol. The maximum Gasteiger partial charge on any atom is 0.234 e. The van der Waals surface area contributed by atoms with Crippen molar-refractivity contribution in [3.63, 3.8) is 0 Å². The van der Waals surface area contributed by atoms with Gasteiger partial charge in [-0.3, -0.25) is 0 Å². The first-order valence-corrected chi connectivity index (χ1v) is 7.35. The van der Waals surface area contributed by atoms with Gasteiger partial charge in [-0.25, -0.2) is 0 Å². The molecule has 0 saturated heterocycles. The van der Waals surface area contributed by atoms with E-state index in [0.717, 1.165) is 21.5 Å². The molecule has 0 unspecified atom stereocenters. The van der Waals surface area contributed by atoms with E-state index in [1.54, 1.807) is 23.5 Å². The van der Waals surface area contributed by atoms with Crippen LogP contribution in [0.1, 0.15) is 29.6 Å². The van der Waals surface area contributed by atoms with Gasteiger partial charge in [0.25, 0.3) is 0 Å². The highest BCUT2D eigenvalue weighted by molar-refractivity contribution is 7.16. The molecule has 2 N–H and O–H groups in total. The van der Waals surface area contributed by atoms with Gasteiger partial charge in [0.1, 0.15) is 10.8 Å². The molecule has 0 aliphatic heterocycles. The van der Waals surface area contributed by atoms with Crippen LogP contribution in [0.3, 0.4) is 0 Å². The van der Waals surface area contributed by atoms with Crippen molar-refractivity contribution in [1.29, 1.82) is 0 Å². The molecule has 0 bridgehead atoms. The molecular formula is C13H13N5OS. The molecule has 1 aromatic carbocycles. The fraction of sp³-hybridized carbons (Fsp3) is 0.308. The van der Waals surface area contributed by atoms with E-state index in [-0.39, 0.29) is 5.75 Å². The normalized spacial score (nSPS) is 14.8. The summed E-state index contributed by atoms with van der Waals surface area (Å²) in [5, 5.41) is 26.4. The van der Waals surface area contributed by atoms with Crippen molar-refractivity contribution in [2.45, 2.75) is 25.3 Å². The predicted octanol–water partition coefficient (Wildman–Crippen LogP) is 2.38. The van der Waals surface area contributed by atoms with Crippen molar-refractivity contribution >= 4 is 22.0 Å². The van der Waals surface area contributed by atoms with Crippen molar-refractivity contribution in [2.75, 3.05) is 5.32 Å². The number of nitrogens with one attached hydrogen (secondary N) is 1. The van der Waals surface area contributed by atoms with E-state index in [0.29, 0.717) is 12.5 Å². The number of aromatic hydroxyl groups is 1. The largest absolute Gasteiger partial charge is 0.508 e. The van der Waals surface area contributed by atoms with Crippen LogP contribution in [0, 0.1) is 0 Å². The van der Waals surface area contributed by atoms with Crippen LogP contribution in [-0.2, 0) is 6.54 Å². The second-order valence-electron chi connectivity index (χ2n) is 4.92. The molecule has 1 aliphatic rings. The highest BCUT2D eigenvalue weighted by atomic mass is 32.1. The van der Waals surface area contributed by atoms with E-state index in [9.17, 15) is 5.11 Å². The lowest BCUT2D eigenvalue weighted by molar-refractivity contribution is 0.475. The van der Waals surface area contributed by atoms with Crippen molar-refractivity contribution < 1.29 is 5.11 Å². The van der Waals surface area contributed by atoms with Crippen LogP contribution >= 0.6 is 11.3 Å². The number of fused-ring (bicyclic) bond motifs is 1. The quantitative estimate of drug-likeness (QED) is 0.721. The lowest BCUT2D eigenvalue weighted by Gasteiger charge is -2.03. The third-order valence-corrected chi connectivity index (χ3v) is 4.21. The second-order valence-corrected chi connectivity index (χ2v) is 5.96. The van der Waals surface area contributed by atoms with Crippen LogP contribution in [-0.4, -0.2) is 24.9 Å². The van der Waals surface area contributed by atoms with Gasteiger partial charge in [0.2, 0.25) is 4.96 Å². The average Bonchev–Trinajstić information content (AvgIpc) is 3.09. The number of hydrogen-bond donors (Lipinski definition) is 2. The van der Waals surface area contributed by atoms with Crippen LogP contribution in [0.25, 0.3) is 4.96 Å². The number of hydrogen-bond acceptors (Lipinski definition) is 6. The summed E-state index contributed by atoms with van der Waals surface area (Å²) in [4.78, 5) is 0.856. The van der Waals surface area contributed by atoms with E-state index in [1.165, 1.54) is 12.8 Å². The van der Waals surface area contributed by atoms with Gasteiger partial charge in [-0.2, -0.15) is 9.61 Å². The average molecular weight is 287 g/mol. The summed E-state index contributed by atoms with van der Waals surface area (Å²) in [7, 11) is 0. The van der Waals surface area contributed by atoms with Gasteiger partial charge < -0.3 is 10.4 Å². The number of aromatic nitrogens is 4. The molecule has 0 spiro atoms. The SMILES string of the molecule is Oc1ccc(NCc2nn3c(C4CC4)nnc3s2)cc1. The Hall–Kier alpha value is -2.15. The Labute approximate surface area is 119 Å². The van der Waals surface area contributed by atoms with Gasteiger partial charge in [-0.1, -0.05) is 11.3 Å². The first-order valence-electron chi connectivity index (χ1n) is 6.53. The Morgan fingerprint density at radius 1 is 1.25 bits per heavy atom. The summed E-state index contributed by atoms with van der Waals surface area (Å²) >= 11 is 1.55. The van der Waals surface area contributed by atoms with E-state index >= 15 is 0 Å². The molecule has 1 saturated carbocycles. The Kier molecular flexibility index (Phi) is 2.59. The summed E-state index contributed by atoms with van der Waals surface area (Å²) in [6.07, 6.45) is 2.39. The number of benzene rings is 1. The minimum atomic E-state index is 0.267. The first kappa shape index (κ1) is 11.7. The lowest BCUT2D eigenvalue weighted by atomic mass is 10.3. The van der Waals surface area contributed by atoms with Crippen molar-refractivity contribution in [3.8, 4) is 5.75 Å². The molecule has 20 heavy (non-hydrogen) atoms. The molecule has 0 atom stereocenters. The zero-order valence-corrected chi connectivity index (χ0v) is 11.5. The molecule has 0 amide bonds. The summed E-state index contributed by atoms with van der Waals surface area (Å²) in [5.74, 6) is 1.81. The summed E-state index contributed by atoms with van der Waals surface area (Å²) in [5.41, 5.74) is 0.955. The number of nitrogens with zero attached hydrogens (tertiary/aromatic N) is 4. The minimum Gasteiger partial charge on any atom is -0.508 e. The van der Waals surface area contributed by atoms with E-state index in [4.69, 9.17) is 0 Å². The monoisotopic (exact) mass is 287 g/mol. The fourth-order valence-electron chi connectivity index (χ4n) is 2.10. The van der Waals surface area contributed by atoms with Gasteiger partial charge >= 0.3 is 0 Å². The van der Waals surface area contributed by atoms with Gasteiger partial charge in [0.05, 0.1) is 6.54 Å². The molecule has 102 valence electrons. The molecule has 1 aliphatic carbocycles. The third-order valence-electron chi connectivity index (χ3n) is 3.31. The Balaban J connectivity index is 1.52. The van der Waals surface area contributed by atoms with Crippen LogP contribution in [0.2, 0.25) is 0 Å². The number of phenolic OH excluding ortho intramolecular Hbond substituents is 1. The molecule has 2 aromatic heterocycles. The molecule has 1 fully saturated rings. The molecule has 3 aromatic rings. The molecule has 2 heterocycles. The highest BCUT2D eigenvalue weighted by Crippen LogP contribution is 2.39. The maximum atomic E-state index is 9.24. The molecule has 4 rings (SSSR count). The summed E-state index contributed by atoms with van der Waals surface area (Å²) < 4.78 is 1.87. The van der Waals surface area contributed by atoms with Crippen LogP contribution < -0.4 is 5.32 Å². The second kappa shape index (κ2) is 4.45. The Bertz CT molecular complexity index is 744. The van der Waals surface area contributed by atoms with Gasteiger partial charge in [-0.05, 0) is 37.1 Å². The van der Waals surface area contributed by atoms with Crippen LogP contribution in [0.15, 0.2) is 24.3 Å². The van der Waals surface area contributed by atoms with Crippen molar-refractivity contribution in [2.24, 2.45) is 0 Å². The van der Waals surface area contributed by atoms with Gasteiger partial charge in [-0.15, -0.1) is 10.2 Å². The van der Waals surface area contributed by atoms with Crippen molar-refractivity contribution in [3.05, 3.63) is 35.1 Å². The van der Waals surface area contributed by atoms with E-state index in [2.05, 4.69) is 20.6 Å².